The fraction of sp³-hybridized carbons (Fsp3) is 0.778. The van der Waals surface area contributed by atoms with Crippen LogP contribution in [0.25, 0.3) is 0 Å². The second kappa shape index (κ2) is 11.8. The number of aromatic nitrogens is 2. The molecule has 1 aromatic rings. The number of hydrogen-bond acceptors (Lipinski definition) is 4. The van der Waals surface area contributed by atoms with Crippen molar-refractivity contribution in [3.63, 3.8) is 0 Å². The van der Waals surface area contributed by atoms with Gasteiger partial charge in [0.25, 0.3) is 0 Å². The van der Waals surface area contributed by atoms with Crippen LogP contribution >= 0.6 is 24.0 Å². The molecule has 2 rings (SSSR count). The van der Waals surface area contributed by atoms with Crippen molar-refractivity contribution in [1.82, 2.24) is 20.0 Å². The summed E-state index contributed by atoms with van der Waals surface area (Å²) in [5, 5.41) is 7.72. The van der Waals surface area contributed by atoms with Gasteiger partial charge in [-0.15, -0.1) is 24.0 Å². The molecule has 0 radical (unpaired) electrons. The van der Waals surface area contributed by atoms with Gasteiger partial charge in [0.2, 0.25) is 0 Å². The first-order valence-electron chi connectivity index (χ1n) is 9.22. The first kappa shape index (κ1) is 23.2. The zero-order valence-electron chi connectivity index (χ0n) is 16.6. The lowest BCUT2D eigenvalue weighted by atomic mass is 10.0. The Bertz CT molecular complexity index is 549. The summed E-state index contributed by atoms with van der Waals surface area (Å²) in [6.45, 7) is 10.4. The van der Waals surface area contributed by atoms with Gasteiger partial charge in [0.15, 0.2) is 5.96 Å². The van der Waals surface area contributed by atoms with Gasteiger partial charge in [-0.2, -0.15) is 5.10 Å². The highest BCUT2D eigenvalue weighted by molar-refractivity contribution is 14.0. The molecule has 2 unspecified atom stereocenters. The minimum absolute atomic E-state index is 0. The van der Waals surface area contributed by atoms with Crippen LogP contribution in [0.5, 0.6) is 0 Å². The third kappa shape index (κ3) is 6.70. The fourth-order valence-corrected chi connectivity index (χ4v) is 3.13. The van der Waals surface area contributed by atoms with Gasteiger partial charge in [-0.1, -0.05) is 13.8 Å². The van der Waals surface area contributed by atoms with Crippen LogP contribution in [-0.2, 0) is 16.5 Å². The van der Waals surface area contributed by atoms with Gasteiger partial charge < -0.3 is 19.7 Å². The average molecular weight is 479 g/mol. The maximum absolute atomic E-state index is 5.91. The molecule has 150 valence electrons. The molecule has 1 aliphatic rings. The largest absolute Gasteiger partial charge is 0.378 e. The number of guanidine groups is 1. The summed E-state index contributed by atoms with van der Waals surface area (Å²) in [5.74, 6) is 1.44. The minimum Gasteiger partial charge on any atom is -0.378 e. The van der Waals surface area contributed by atoms with E-state index in [2.05, 4.69) is 34.2 Å². The molecule has 2 heterocycles. The monoisotopic (exact) mass is 479 g/mol. The van der Waals surface area contributed by atoms with Gasteiger partial charge in [-0.05, 0) is 19.3 Å². The summed E-state index contributed by atoms with van der Waals surface area (Å²) in [4.78, 5) is 6.70. The number of morpholine rings is 1. The van der Waals surface area contributed by atoms with E-state index in [1.807, 2.05) is 38.1 Å². The van der Waals surface area contributed by atoms with E-state index < -0.39 is 0 Å². The fourth-order valence-electron chi connectivity index (χ4n) is 3.13. The van der Waals surface area contributed by atoms with Crippen LogP contribution in [0.1, 0.15) is 38.9 Å². The number of aliphatic imine (C=N–C) groups is 1. The van der Waals surface area contributed by atoms with Gasteiger partial charge in [0.1, 0.15) is 6.10 Å². The molecule has 0 bridgehead atoms. The number of nitrogens with one attached hydrogen (secondary N) is 1. The van der Waals surface area contributed by atoms with Crippen molar-refractivity contribution < 1.29 is 9.47 Å². The molecule has 2 atom stereocenters. The third-order valence-corrected chi connectivity index (χ3v) is 4.51. The van der Waals surface area contributed by atoms with Crippen molar-refractivity contribution in [2.45, 2.75) is 39.4 Å². The first-order chi connectivity index (χ1) is 12.0. The van der Waals surface area contributed by atoms with Crippen LogP contribution < -0.4 is 5.32 Å². The average Bonchev–Trinajstić information content (AvgIpc) is 3.04. The predicted molar refractivity (Wildman–Crippen MR) is 115 cm³/mol. The Morgan fingerprint density at radius 3 is 2.85 bits per heavy atom. The third-order valence-electron chi connectivity index (χ3n) is 4.51. The van der Waals surface area contributed by atoms with Crippen LogP contribution in [0.15, 0.2) is 17.4 Å². The van der Waals surface area contributed by atoms with Gasteiger partial charge in [0.05, 0.1) is 25.5 Å². The molecule has 0 aromatic carbocycles. The first-order valence-corrected chi connectivity index (χ1v) is 9.22. The summed E-state index contributed by atoms with van der Waals surface area (Å²) < 4.78 is 13.5. The standard InChI is InChI=1S/C18H33N5O2.HI/c1-6-24-16(14(2)3)7-8-20-18(19-4)23-9-10-25-17(13-23)15-11-21-22(5)12-15;/h11-12,14,16-17H,6-10,13H2,1-5H3,(H,19,20);1H. The molecular formula is C18H34IN5O2. The van der Waals surface area contributed by atoms with Crippen molar-refractivity contribution in [2.24, 2.45) is 18.0 Å². The highest BCUT2D eigenvalue weighted by Gasteiger charge is 2.25. The van der Waals surface area contributed by atoms with Gasteiger partial charge in [-0.25, -0.2) is 0 Å². The number of ether oxygens (including phenoxy) is 2. The lowest BCUT2D eigenvalue weighted by molar-refractivity contribution is -0.00830. The SMILES string of the molecule is CCOC(CCNC(=NC)N1CCOC(c2cnn(C)c2)C1)C(C)C.I. The van der Waals surface area contributed by atoms with E-state index in [1.54, 1.807) is 0 Å². The molecule has 26 heavy (non-hydrogen) atoms. The van der Waals surface area contributed by atoms with Crippen molar-refractivity contribution in [3.8, 4) is 0 Å². The summed E-state index contributed by atoms with van der Waals surface area (Å²) in [7, 11) is 3.76. The van der Waals surface area contributed by atoms with Gasteiger partial charge in [0, 0.05) is 45.6 Å². The van der Waals surface area contributed by atoms with E-state index >= 15 is 0 Å². The van der Waals surface area contributed by atoms with Crippen molar-refractivity contribution >= 4 is 29.9 Å². The molecule has 7 nitrogen and oxygen atoms in total. The molecule has 8 heteroatoms. The van der Waals surface area contributed by atoms with Crippen molar-refractivity contribution in [2.75, 3.05) is 39.9 Å². The normalized spacial score (nSPS) is 19.4. The van der Waals surface area contributed by atoms with E-state index in [0.29, 0.717) is 12.5 Å². The van der Waals surface area contributed by atoms with Crippen molar-refractivity contribution in [1.29, 1.82) is 0 Å². The van der Waals surface area contributed by atoms with Crippen LogP contribution in [-0.4, -0.2) is 66.6 Å². The smallest absolute Gasteiger partial charge is 0.193 e. The summed E-state index contributed by atoms with van der Waals surface area (Å²) in [6.07, 6.45) is 5.18. The summed E-state index contributed by atoms with van der Waals surface area (Å²) >= 11 is 0. The van der Waals surface area contributed by atoms with E-state index in [9.17, 15) is 0 Å². The predicted octanol–water partition coefficient (Wildman–Crippen LogP) is 2.44. The van der Waals surface area contributed by atoms with E-state index in [1.165, 1.54) is 0 Å². The molecule has 1 aromatic heterocycles. The molecule has 1 aliphatic heterocycles. The van der Waals surface area contributed by atoms with Crippen LogP contribution in [0, 0.1) is 5.92 Å². The molecule has 1 fully saturated rings. The Labute approximate surface area is 174 Å². The summed E-state index contributed by atoms with van der Waals surface area (Å²) in [6, 6.07) is 0. The van der Waals surface area contributed by atoms with E-state index in [0.717, 1.165) is 44.2 Å². The quantitative estimate of drug-likeness (QED) is 0.370. The summed E-state index contributed by atoms with van der Waals surface area (Å²) in [5.41, 5.74) is 1.11. The van der Waals surface area contributed by atoms with E-state index in [4.69, 9.17) is 9.47 Å². The Morgan fingerprint density at radius 2 is 2.27 bits per heavy atom. The molecular weight excluding hydrogens is 445 g/mol. The molecule has 0 spiro atoms. The highest BCUT2D eigenvalue weighted by atomic mass is 127. The molecule has 0 amide bonds. The number of nitrogens with zero attached hydrogens (tertiary/aromatic N) is 4. The Balaban J connectivity index is 0.00000338. The molecule has 1 N–H and O–H groups in total. The molecule has 0 saturated carbocycles. The Morgan fingerprint density at radius 1 is 1.50 bits per heavy atom. The van der Waals surface area contributed by atoms with Gasteiger partial charge >= 0.3 is 0 Å². The number of aryl methyl sites for hydroxylation is 1. The maximum atomic E-state index is 5.91. The number of rotatable bonds is 7. The molecule has 1 saturated heterocycles. The minimum atomic E-state index is 0. The topological polar surface area (TPSA) is 63.9 Å². The lowest BCUT2D eigenvalue weighted by Crippen LogP contribution is -2.48. The van der Waals surface area contributed by atoms with Crippen LogP contribution in [0.2, 0.25) is 0 Å². The number of hydrogen-bond donors (Lipinski definition) is 1. The maximum Gasteiger partial charge on any atom is 0.193 e. The second-order valence-electron chi connectivity index (χ2n) is 6.75. The van der Waals surface area contributed by atoms with E-state index in [-0.39, 0.29) is 36.2 Å². The zero-order valence-corrected chi connectivity index (χ0v) is 19.0. The highest BCUT2D eigenvalue weighted by Crippen LogP contribution is 2.21. The Kier molecular flexibility index (Phi) is 10.5. The Hall–Kier alpha value is -0.870. The van der Waals surface area contributed by atoms with Crippen LogP contribution in [0.4, 0.5) is 0 Å². The van der Waals surface area contributed by atoms with Gasteiger partial charge in [-0.3, -0.25) is 9.67 Å². The number of halogens is 1. The van der Waals surface area contributed by atoms with Crippen LogP contribution in [0.3, 0.4) is 0 Å². The lowest BCUT2D eigenvalue weighted by Gasteiger charge is -2.35. The van der Waals surface area contributed by atoms with Crippen molar-refractivity contribution in [3.05, 3.63) is 18.0 Å². The second-order valence-corrected chi connectivity index (χ2v) is 6.75. The zero-order chi connectivity index (χ0) is 18.2. The molecule has 0 aliphatic carbocycles.